The number of nitrogens with zero attached hydrogens (tertiary/aromatic N) is 3. The van der Waals surface area contributed by atoms with E-state index in [0.717, 1.165) is 0 Å². The van der Waals surface area contributed by atoms with Gasteiger partial charge >= 0.3 is 0 Å². The van der Waals surface area contributed by atoms with Crippen molar-refractivity contribution in [2.75, 3.05) is 51.6 Å². The van der Waals surface area contributed by atoms with Crippen LogP contribution in [0.4, 0.5) is 10.1 Å². The number of amides is 2. The molecule has 0 bridgehead atoms. The van der Waals surface area contributed by atoms with E-state index in [1.807, 2.05) is 20.8 Å². The zero-order chi connectivity index (χ0) is 21.6. The van der Waals surface area contributed by atoms with E-state index < -0.39 is 0 Å². The number of thiocarbonyl (C=S) groups is 1. The Morgan fingerprint density at radius 3 is 2.28 bits per heavy atom. The van der Waals surface area contributed by atoms with Crippen LogP contribution in [0.2, 0.25) is 0 Å². The zero-order valence-corrected chi connectivity index (χ0v) is 18.3. The van der Waals surface area contributed by atoms with Gasteiger partial charge in [0.1, 0.15) is 5.82 Å². The number of carbonyl (C=O) groups is 2. The first-order valence-corrected chi connectivity index (χ1v) is 10.0. The Balaban J connectivity index is 1.75. The summed E-state index contributed by atoms with van der Waals surface area (Å²) in [5, 5.41) is 6.33. The maximum absolute atomic E-state index is 13.0. The summed E-state index contributed by atoms with van der Waals surface area (Å²) in [6.07, 6.45) is 0. The largest absolute Gasteiger partial charge is 0.350 e. The number of rotatable bonds is 5. The summed E-state index contributed by atoms with van der Waals surface area (Å²) in [4.78, 5) is 30.1. The van der Waals surface area contributed by atoms with E-state index in [9.17, 15) is 14.0 Å². The van der Waals surface area contributed by atoms with Crippen molar-refractivity contribution in [2.45, 2.75) is 26.3 Å². The minimum absolute atomic E-state index is 0.00535. The van der Waals surface area contributed by atoms with Crippen LogP contribution in [0.15, 0.2) is 24.3 Å². The van der Waals surface area contributed by atoms with Gasteiger partial charge in [0.15, 0.2) is 5.11 Å². The highest BCUT2D eigenvalue weighted by atomic mass is 32.1. The number of anilines is 1. The predicted molar refractivity (Wildman–Crippen MR) is 116 cm³/mol. The number of halogens is 1. The molecule has 0 saturated carbocycles. The minimum atomic E-state index is -0.319. The fourth-order valence-corrected chi connectivity index (χ4v) is 3.13. The maximum atomic E-state index is 13.0. The molecule has 0 unspecified atom stereocenters. The van der Waals surface area contributed by atoms with Crippen molar-refractivity contribution in [2.24, 2.45) is 0 Å². The lowest BCUT2D eigenvalue weighted by atomic mass is 10.1. The highest BCUT2D eigenvalue weighted by molar-refractivity contribution is 7.80. The molecule has 0 radical (unpaired) electrons. The molecule has 1 aliphatic heterocycles. The number of benzene rings is 1. The Hall–Kier alpha value is -2.26. The third-order valence-corrected chi connectivity index (χ3v) is 4.83. The number of hydrogen-bond acceptors (Lipinski definition) is 4. The molecule has 1 aliphatic rings. The van der Waals surface area contributed by atoms with Gasteiger partial charge < -0.3 is 20.4 Å². The lowest BCUT2D eigenvalue weighted by Crippen LogP contribution is -2.54. The second-order valence-corrected chi connectivity index (χ2v) is 8.63. The molecule has 2 N–H and O–H groups in total. The van der Waals surface area contributed by atoms with Gasteiger partial charge in [-0.2, -0.15) is 0 Å². The van der Waals surface area contributed by atoms with E-state index in [2.05, 4.69) is 15.5 Å². The van der Waals surface area contributed by atoms with E-state index in [0.29, 0.717) is 43.5 Å². The van der Waals surface area contributed by atoms with Crippen LogP contribution in [0.1, 0.15) is 20.8 Å². The number of carbonyl (C=O) groups excluding carboxylic acids is 2. The number of piperazine rings is 1. The second-order valence-electron chi connectivity index (χ2n) is 8.25. The number of likely N-dealkylation sites (N-methyl/N-ethyl adjacent to an activating group) is 1. The molecule has 0 spiro atoms. The number of hydrogen-bond donors (Lipinski definition) is 2. The molecule has 0 aromatic heterocycles. The van der Waals surface area contributed by atoms with Crippen LogP contribution < -0.4 is 10.6 Å². The first kappa shape index (κ1) is 23.0. The smallest absolute Gasteiger partial charge is 0.242 e. The van der Waals surface area contributed by atoms with Gasteiger partial charge in [-0.25, -0.2) is 4.39 Å². The van der Waals surface area contributed by atoms with E-state index in [-0.39, 0.29) is 29.7 Å². The van der Waals surface area contributed by atoms with Crippen LogP contribution >= 0.6 is 12.2 Å². The van der Waals surface area contributed by atoms with Crippen LogP contribution in [0.5, 0.6) is 0 Å². The van der Waals surface area contributed by atoms with Gasteiger partial charge in [0.25, 0.3) is 0 Å². The molecule has 1 saturated heterocycles. The van der Waals surface area contributed by atoms with Crippen molar-refractivity contribution >= 4 is 34.8 Å². The molecule has 1 fully saturated rings. The third kappa shape index (κ3) is 7.94. The monoisotopic (exact) mass is 423 g/mol. The van der Waals surface area contributed by atoms with Gasteiger partial charge in [0.05, 0.1) is 13.1 Å². The van der Waals surface area contributed by atoms with Crippen LogP contribution in [0.3, 0.4) is 0 Å². The average molecular weight is 424 g/mol. The SMILES string of the molecule is CN(CC(=O)N1CCN(CC(=O)NC(C)(C)C)CC1)C(=S)Nc1ccc(F)cc1. The van der Waals surface area contributed by atoms with Crippen LogP contribution in [-0.4, -0.2) is 83.5 Å². The topological polar surface area (TPSA) is 67.9 Å². The highest BCUT2D eigenvalue weighted by Crippen LogP contribution is 2.10. The molecule has 9 heteroatoms. The molecular formula is C20H30FN5O2S. The molecule has 1 aromatic carbocycles. The summed E-state index contributed by atoms with van der Waals surface area (Å²) in [6, 6.07) is 5.87. The minimum Gasteiger partial charge on any atom is -0.350 e. The quantitative estimate of drug-likeness (QED) is 0.700. The lowest BCUT2D eigenvalue weighted by molar-refractivity contribution is -0.133. The molecule has 1 heterocycles. The summed E-state index contributed by atoms with van der Waals surface area (Å²) in [6.45, 7) is 8.81. The van der Waals surface area contributed by atoms with Crippen LogP contribution in [0, 0.1) is 5.82 Å². The third-order valence-electron chi connectivity index (χ3n) is 4.42. The highest BCUT2D eigenvalue weighted by Gasteiger charge is 2.24. The van der Waals surface area contributed by atoms with Gasteiger partial charge in [-0.05, 0) is 57.3 Å². The van der Waals surface area contributed by atoms with Crippen molar-refractivity contribution in [3.05, 3.63) is 30.1 Å². The second kappa shape index (κ2) is 9.98. The molecule has 29 heavy (non-hydrogen) atoms. The summed E-state index contributed by atoms with van der Waals surface area (Å²) in [5.41, 5.74) is 0.414. The summed E-state index contributed by atoms with van der Waals surface area (Å²) in [5.74, 6) is -0.344. The van der Waals surface area contributed by atoms with Crippen molar-refractivity contribution in [3.63, 3.8) is 0 Å². The van der Waals surface area contributed by atoms with Crippen molar-refractivity contribution in [1.29, 1.82) is 0 Å². The maximum Gasteiger partial charge on any atom is 0.242 e. The average Bonchev–Trinajstić information content (AvgIpc) is 2.62. The van der Waals surface area contributed by atoms with Crippen LogP contribution in [-0.2, 0) is 9.59 Å². The van der Waals surface area contributed by atoms with Crippen molar-refractivity contribution in [3.8, 4) is 0 Å². The first-order valence-electron chi connectivity index (χ1n) is 9.62. The van der Waals surface area contributed by atoms with E-state index >= 15 is 0 Å². The van der Waals surface area contributed by atoms with Crippen LogP contribution in [0.25, 0.3) is 0 Å². The summed E-state index contributed by atoms with van der Waals surface area (Å²) in [7, 11) is 1.74. The molecule has 160 valence electrons. The standard InChI is InChI=1S/C20H30FN5O2S/c1-20(2,3)23-17(27)13-25-9-11-26(12-10-25)18(28)14-24(4)19(29)22-16-7-5-15(21)6-8-16/h5-8H,9-14H2,1-4H3,(H,22,29)(H,23,27). The molecule has 0 aliphatic carbocycles. The predicted octanol–water partition coefficient (Wildman–Crippen LogP) is 1.51. The van der Waals surface area contributed by atoms with Crippen molar-refractivity contribution in [1.82, 2.24) is 20.0 Å². The van der Waals surface area contributed by atoms with Crippen molar-refractivity contribution < 1.29 is 14.0 Å². The van der Waals surface area contributed by atoms with Gasteiger partial charge in [0.2, 0.25) is 11.8 Å². The molecule has 0 atom stereocenters. The Labute approximate surface area is 177 Å². The Kier molecular flexibility index (Phi) is 7.92. The first-order chi connectivity index (χ1) is 13.5. The fourth-order valence-electron chi connectivity index (χ4n) is 2.94. The molecule has 1 aromatic rings. The molecule has 2 rings (SSSR count). The molecular weight excluding hydrogens is 393 g/mol. The number of nitrogens with one attached hydrogen (secondary N) is 2. The normalized spacial score (nSPS) is 15.0. The zero-order valence-electron chi connectivity index (χ0n) is 17.5. The Morgan fingerprint density at radius 2 is 1.72 bits per heavy atom. The molecule has 7 nitrogen and oxygen atoms in total. The Morgan fingerprint density at radius 1 is 1.14 bits per heavy atom. The van der Waals surface area contributed by atoms with Gasteiger partial charge in [-0.3, -0.25) is 14.5 Å². The Bertz CT molecular complexity index is 727. The summed E-state index contributed by atoms with van der Waals surface area (Å²) < 4.78 is 13.0. The van der Waals surface area contributed by atoms with Gasteiger partial charge in [0, 0.05) is 44.5 Å². The van der Waals surface area contributed by atoms with E-state index in [1.165, 1.54) is 12.1 Å². The van der Waals surface area contributed by atoms with E-state index in [4.69, 9.17) is 12.2 Å². The van der Waals surface area contributed by atoms with E-state index in [1.54, 1.807) is 29.0 Å². The lowest BCUT2D eigenvalue weighted by Gasteiger charge is -2.35. The summed E-state index contributed by atoms with van der Waals surface area (Å²) >= 11 is 5.32. The fraction of sp³-hybridized carbons (Fsp3) is 0.550. The van der Waals surface area contributed by atoms with Gasteiger partial charge in [-0.1, -0.05) is 0 Å². The van der Waals surface area contributed by atoms with Gasteiger partial charge in [-0.15, -0.1) is 0 Å². The molecule has 2 amide bonds.